The van der Waals surface area contributed by atoms with Gasteiger partial charge in [0.2, 0.25) is 0 Å². The summed E-state index contributed by atoms with van der Waals surface area (Å²) in [4.78, 5) is 0. The molecule has 1 saturated carbocycles. The van der Waals surface area contributed by atoms with Crippen LogP contribution in [-0.4, -0.2) is 31.9 Å². The Morgan fingerprint density at radius 3 is 2.70 bits per heavy atom. The molecule has 1 heterocycles. The molecule has 20 heavy (non-hydrogen) atoms. The molecule has 0 amide bonds. The van der Waals surface area contributed by atoms with Gasteiger partial charge in [-0.3, -0.25) is 0 Å². The minimum Gasteiger partial charge on any atom is -0.330 e. The highest BCUT2D eigenvalue weighted by Crippen LogP contribution is 2.35. The molecule has 2 atom stereocenters. The molecule has 4 nitrogen and oxygen atoms in total. The summed E-state index contributed by atoms with van der Waals surface area (Å²) in [6.07, 6.45) is 4.17. The summed E-state index contributed by atoms with van der Waals surface area (Å²) < 4.78 is 28.5. The maximum absolute atomic E-state index is 12.9. The first kappa shape index (κ1) is 16.4. The van der Waals surface area contributed by atoms with Gasteiger partial charge in [-0.05, 0) is 52.7 Å². The SMILES string of the molecule is CCN(C1CCCCC1CN)S(=O)(=O)c1sccc1Br. The zero-order chi connectivity index (χ0) is 14.8. The van der Waals surface area contributed by atoms with Crippen LogP contribution < -0.4 is 5.73 Å². The lowest BCUT2D eigenvalue weighted by atomic mass is 9.84. The van der Waals surface area contributed by atoms with Crippen molar-refractivity contribution in [2.75, 3.05) is 13.1 Å². The van der Waals surface area contributed by atoms with Crippen molar-refractivity contribution in [2.45, 2.75) is 42.9 Å². The van der Waals surface area contributed by atoms with Crippen LogP contribution in [0.25, 0.3) is 0 Å². The first-order valence-corrected chi connectivity index (χ1v) is 10.1. The fourth-order valence-electron chi connectivity index (χ4n) is 3.00. The normalized spacial score (nSPS) is 24.2. The van der Waals surface area contributed by atoms with Crippen LogP contribution in [0.1, 0.15) is 32.6 Å². The minimum absolute atomic E-state index is 0.0396. The molecule has 1 aliphatic carbocycles. The third kappa shape index (κ3) is 3.11. The summed E-state index contributed by atoms with van der Waals surface area (Å²) >= 11 is 4.60. The molecule has 1 fully saturated rings. The van der Waals surface area contributed by atoms with Gasteiger partial charge in [0.05, 0.1) is 0 Å². The van der Waals surface area contributed by atoms with Crippen LogP contribution >= 0.6 is 27.3 Å². The van der Waals surface area contributed by atoms with E-state index in [4.69, 9.17) is 5.73 Å². The monoisotopic (exact) mass is 380 g/mol. The van der Waals surface area contributed by atoms with Gasteiger partial charge in [-0.25, -0.2) is 8.42 Å². The van der Waals surface area contributed by atoms with Crippen LogP contribution in [0.5, 0.6) is 0 Å². The molecule has 114 valence electrons. The molecule has 2 N–H and O–H groups in total. The van der Waals surface area contributed by atoms with Gasteiger partial charge in [0, 0.05) is 17.1 Å². The van der Waals surface area contributed by atoms with Gasteiger partial charge < -0.3 is 5.73 Å². The average molecular weight is 381 g/mol. The predicted molar refractivity (Wildman–Crippen MR) is 86.4 cm³/mol. The molecule has 1 aromatic rings. The highest BCUT2D eigenvalue weighted by Gasteiger charge is 2.37. The van der Waals surface area contributed by atoms with Crippen LogP contribution in [0.4, 0.5) is 0 Å². The number of thiophene rings is 1. The third-order valence-electron chi connectivity index (χ3n) is 3.98. The second kappa shape index (κ2) is 6.87. The molecule has 0 bridgehead atoms. The fourth-order valence-corrected chi connectivity index (χ4v) is 7.15. The molecule has 7 heteroatoms. The Balaban J connectivity index is 2.34. The van der Waals surface area contributed by atoms with Crippen molar-refractivity contribution in [2.24, 2.45) is 11.7 Å². The number of rotatable bonds is 5. The number of halogens is 1. The second-order valence-corrected chi connectivity index (χ2v) is 8.97. The van der Waals surface area contributed by atoms with Crippen molar-refractivity contribution in [3.05, 3.63) is 15.9 Å². The van der Waals surface area contributed by atoms with Gasteiger partial charge >= 0.3 is 0 Å². The topological polar surface area (TPSA) is 63.4 Å². The maximum Gasteiger partial charge on any atom is 0.253 e. The number of hydrogen-bond donors (Lipinski definition) is 1. The standard InChI is InChI=1S/C13H21BrN2O2S2/c1-2-16(12-6-4-3-5-10(12)9-15)20(17,18)13-11(14)7-8-19-13/h7-8,10,12H,2-6,9,15H2,1H3. The Hall–Kier alpha value is 0.0500. The van der Waals surface area contributed by atoms with E-state index >= 15 is 0 Å². The van der Waals surface area contributed by atoms with Crippen LogP contribution in [0, 0.1) is 5.92 Å². The molecule has 2 rings (SSSR count). The van der Waals surface area contributed by atoms with E-state index in [0.717, 1.165) is 25.7 Å². The van der Waals surface area contributed by atoms with Crippen molar-refractivity contribution in [3.8, 4) is 0 Å². The lowest BCUT2D eigenvalue weighted by Crippen LogP contribution is -2.47. The van der Waals surface area contributed by atoms with E-state index in [2.05, 4.69) is 15.9 Å². The van der Waals surface area contributed by atoms with Crippen LogP contribution in [0.3, 0.4) is 0 Å². The van der Waals surface area contributed by atoms with Crippen molar-refractivity contribution in [1.82, 2.24) is 4.31 Å². The largest absolute Gasteiger partial charge is 0.330 e. The lowest BCUT2D eigenvalue weighted by Gasteiger charge is -2.38. The summed E-state index contributed by atoms with van der Waals surface area (Å²) in [6.45, 7) is 2.96. The predicted octanol–water partition coefficient (Wildman–Crippen LogP) is 3.04. The number of hydrogen-bond acceptors (Lipinski definition) is 4. The summed E-state index contributed by atoms with van der Waals surface area (Å²) in [7, 11) is -3.43. The van der Waals surface area contributed by atoms with E-state index < -0.39 is 10.0 Å². The highest BCUT2D eigenvalue weighted by molar-refractivity contribution is 9.10. The van der Waals surface area contributed by atoms with Crippen molar-refractivity contribution in [1.29, 1.82) is 0 Å². The molecule has 0 spiro atoms. The van der Waals surface area contributed by atoms with Crippen LogP contribution in [0.2, 0.25) is 0 Å². The van der Waals surface area contributed by atoms with E-state index in [1.165, 1.54) is 11.3 Å². The zero-order valence-corrected chi connectivity index (χ0v) is 14.8. The first-order chi connectivity index (χ1) is 9.52. The van der Waals surface area contributed by atoms with Crippen molar-refractivity contribution in [3.63, 3.8) is 0 Å². The number of sulfonamides is 1. The summed E-state index contributed by atoms with van der Waals surface area (Å²) in [5, 5.41) is 1.80. The van der Waals surface area contributed by atoms with Crippen LogP contribution in [0.15, 0.2) is 20.1 Å². The smallest absolute Gasteiger partial charge is 0.253 e. The van der Waals surface area contributed by atoms with Gasteiger partial charge in [-0.1, -0.05) is 19.8 Å². The Morgan fingerprint density at radius 1 is 1.45 bits per heavy atom. The van der Waals surface area contributed by atoms with Gasteiger partial charge in [0.15, 0.2) is 0 Å². The van der Waals surface area contributed by atoms with E-state index in [9.17, 15) is 8.42 Å². The molecule has 0 radical (unpaired) electrons. The first-order valence-electron chi connectivity index (χ1n) is 6.97. The second-order valence-electron chi connectivity index (χ2n) is 5.11. The van der Waals surface area contributed by atoms with Gasteiger partial charge in [-0.15, -0.1) is 11.3 Å². The zero-order valence-electron chi connectivity index (χ0n) is 11.6. The number of nitrogens with two attached hydrogens (primary N) is 1. The molecule has 2 unspecified atom stereocenters. The third-order valence-corrected chi connectivity index (χ3v) is 8.63. The van der Waals surface area contributed by atoms with E-state index in [0.29, 0.717) is 21.8 Å². The minimum atomic E-state index is -3.43. The van der Waals surface area contributed by atoms with Gasteiger partial charge in [0.1, 0.15) is 4.21 Å². The molecule has 0 saturated heterocycles. The number of nitrogens with zero attached hydrogens (tertiary/aromatic N) is 1. The van der Waals surface area contributed by atoms with Crippen LogP contribution in [-0.2, 0) is 10.0 Å². The molecule has 0 aromatic carbocycles. The van der Waals surface area contributed by atoms with Gasteiger partial charge in [-0.2, -0.15) is 4.31 Å². The fraction of sp³-hybridized carbons (Fsp3) is 0.692. The molecular formula is C13H21BrN2O2S2. The van der Waals surface area contributed by atoms with E-state index in [-0.39, 0.29) is 12.0 Å². The Morgan fingerprint density at radius 2 is 2.15 bits per heavy atom. The Labute approximate surface area is 133 Å². The lowest BCUT2D eigenvalue weighted by molar-refractivity contribution is 0.188. The molecular weight excluding hydrogens is 360 g/mol. The Bertz CT molecular complexity index is 544. The van der Waals surface area contributed by atoms with E-state index in [1.54, 1.807) is 15.8 Å². The quantitative estimate of drug-likeness (QED) is 0.853. The van der Waals surface area contributed by atoms with Crippen molar-refractivity contribution >= 4 is 37.3 Å². The molecule has 1 aromatic heterocycles. The summed E-state index contributed by atoms with van der Waals surface area (Å²) in [5.41, 5.74) is 5.85. The Kier molecular flexibility index (Phi) is 5.64. The molecule has 1 aliphatic rings. The maximum atomic E-state index is 12.9. The van der Waals surface area contributed by atoms with Crippen molar-refractivity contribution < 1.29 is 8.42 Å². The summed E-state index contributed by atoms with van der Waals surface area (Å²) in [6, 6.07) is 1.82. The summed E-state index contributed by atoms with van der Waals surface area (Å²) in [5.74, 6) is 0.275. The van der Waals surface area contributed by atoms with Gasteiger partial charge in [0.25, 0.3) is 10.0 Å². The highest BCUT2D eigenvalue weighted by atomic mass is 79.9. The van der Waals surface area contributed by atoms with E-state index in [1.807, 2.05) is 6.92 Å². The molecule has 0 aliphatic heterocycles. The average Bonchev–Trinajstić information content (AvgIpc) is 2.87.